The predicted molar refractivity (Wildman–Crippen MR) is 78.5 cm³/mol. The zero-order chi connectivity index (χ0) is 14.6. The summed E-state index contributed by atoms with van der Waals surface area (Å²) in [6, 6.07) is 15.4. The van der Waals surface area contributed by atoms with Crippen molar-refractivity contribution >= 4 is 21.5 Å². The Balaban J connectivity index is 2.12. The molecule has 0 aromatic heterocycles. The number of anilines is 1. The van der Waals surface area contributed by atoms with Crippen LogP contribution in [0.3, 0.4) is 0 Å². The summed E-state index contributed by atoms with van der Waals surface area (Å²) in [4.78, 5) is -0.146. The van der Waals surface area contributed by atoms with Crippen LogP contribution in [0.1, 0.15) is 12.5 Å². The Labute approximate surface area is 117 Å². The fourth-order valence-electron chi connectivity index (χ4n) is 1.59. The molecule has 0 aliphatic carbocycles. The van der Waals surface area contributed by atoms with E-state index in [2.05, 4.69) is 10.5 Å². The summed E-state index contributed by atoms with van der Waals surface area (Å²) >= 11 is 0. The molecule has 0 atom stereocenters. The second-order valence-electron chi connectivity index (χ2n) is 4.17. The molecule has 0 bridgehead atoms. The van der Waals surface area contributed by atoms with Gasteiger partial charge in [0.15, 0.2) is 0 Å². The van der Waals surface area contributed by atoms with E-state index in [1.54, 1.807) is 0 Å². The summed E-state index contributed by atoms with van der Waals surface area (Å²) in [5.74, 6) is 0. The summed E-state index contributed by atoms with van der Waals surface area (Å²) in [6.07, 6.45) is 0. The molecule has 0 amide bonds. The number of nitrogens with one attached hydrogen (secondary N) is 1. The summed E-state index contributed by atoms with van der Waals surface area (Å²) in [7, 11) is -4.16. The van der Waals surface area contributed by atoms with Crippen LogP contribution in [-0.4, -0.2) is 18.7 Å². The van der Waals surface area contributed by atoms with E-state index in [9.17, 15) is 8.42 Å². The van der Waals surface area contributed by atoms with E-state index in [0.29, 0.717) is 5.69 Å². The molecule has 0 unspecified atom stereocenters. The first-order valence-electron chi connectivity index (χ1n) is 5.90. The Kier molecular flexibility index (Phi) is 4.16. The topological polar surface area (TPSA) is 78.8 Å². The summed E-state index contributed by atoms with van der Waals surface area (Å²) in [6.45, 7) is 1.87. The quantitative estimate of drug-likeness (QED) is 0.515. The summed E-state index contributed by atoms with van der Waals surface area (Å²) < 4.78 is 30.7. The zero-order valence-electron chi connectivity index (χ0n) is 10.8. The molecule has 2 N–H and O–H groups in total. The van der Waals surface area contributed by atoms with Gasteiger partial charge in [-0.1, -0.05) is 30.3 Å². The van der Waals surface area contributed by atoms with Gasteiger partial charge in [-0.25, -0.2) is 0 Å². The number of rotatable bonds is 4. The van der Waals surface area contributed by atoms with Crippen LogP contribution in [0, 0.1) is 0 Å². The molecule has 0 heterocycles. The zero-order valence-corrected chi connectivity index (χ0v) is 11.6. The van der Waals surface area contributed by atoms with Crippen molar-refractivity contribution in [2.75, 3.05) is 5.43 Å². The van der Waals surface area contributed by atoms with Crippen LogP contribution in [-0.2, 0) is 10.1 Å². The molecule has 2 aromatic rings. The van der Waals surface area contributed by atoms with Crippen molar-refractivity contribution in [1.82, 2.24) is 0 Å². The van der Waals surface area contributed by atoms with Gasteiger partial charge in [-0.2, -0.15) is 13.5 Å². The maximum absolute atomic E-state index is 10.9. The maximum Gasteiger partial charge on any atom is 0.294 e. The van der Waals surface area contributed by atoms with Crippen LogP contribution in [0.4, 0.5) is 5.69 Å². The number of benzene rings is 2. The van der Waals surface area contributed by atoms with E-state index < -0.39 is 10.1 Å². The third kappa shape index (κ3) is 3.66. The SMILES string of the molecule is C/C(=N\Nc1ccc(S(=O)(=O)O)cc1)c1ccccc1. The Bertz CT molecular complexity index is 708. The highest BCUT2D eigenvalue weighted by molar-refractivity contribution is 7.85. The van der Waals surface area contributed by atoms with Gasteiger partial charge in [-0.3, -0.25) is 9.98 Å². The number of hydrazone groups is 1. The van der Waals surface area contributed by atoms with Crippen LogP contribution >= 0.6 is 0 Å². The number of hydrogen-bond donors (Lipinski definition) is 2. The van der Waals surface area contributed by atoms with E-state index in [0.717, 1.165) is 11.3 Å². The first-order valence-corrected chi connectivity index (χ1v) is 7.34. The molecule has 104 valence electrons. The van der Waals surface area contributed by atoms with Gasteiger partial charge in [0.2, 0.25) is 0 Å². The van der Waals surface area contributed by atoms with Gasteiger partial charge in [-0.05, 0) is 36.8 Å². The molecular weight excluding hydrogens is 276 g/mol. The lowest BCUT2D eigenvalue weighted by Crippen LogP contribution is -2.00. The van der Waals surface area contributed by atoms with Crippen molar-refractivity contribution in [2.24, 2.45) is 5.10 Å². The minimum absolute atomic E-state index is 0.146. The van der Waals surface area contributed by atoms with Crippen molar-refractivity contribution in [3.63, 3.8) is 0 Å². The number of hydrogen-bond acceptors (Lipinski definition) is 4. The third-order valence-corrected chi connectivity index (χ3v) is 3.56. The summed E-state index contributed by atoms with van der Waals surface area (Å²) in [5, 5.41) is 4.21. The maximum atomic E-state index is 10.9. The smallest absolute Gasteiger partial charge is 0.282 e. The van der Waals surface area contributed by atoms with Gasteiger partial charge in [0.25, 0.3) is 10.1 Å². The van der Waals surface area contributed by atoms with Gasteiger partial charge in [0, 0.05) is 0 Å². The molecular formula is C14H14N2O3S. The molecule has 0 saturated heterocycles. The van der Waals surface area contributed by atoms with Crippen LogP contribution in [0.25, 0.3) is 0 Å². The average molecular weight is 290 g/mol. The molecule has 0 aliphatic heterocycles. The van der Waals surface area contributed by atoms with Crippen molar-refractivity contribution in [2.45, 2.75) is 11.8 Å². The predicted octanol–water partition coefficient (Wildman–Crippen LogP) is 2.77. The third-order valence-electron chi connectivity index (χ3n) is 2.70. The molecule has 6 heteroatoms. The molecule has 5 nitrogen and oxygen atoms in total. The highest BCUT2D eigenvalue weighted by Crippen LogP contribution is 2.14. The molecule has 0 spiro atoms. The highest BCUT2D eigenvalue weighted by Gasteiger charge is 2.08. The normalized spacial score (nSPS) is 12.2. The number of nitrogens with zero attached hydrogens (tertiary/aromatic N) is 1. The standard InChI is InChI=1S/C14H14N2O3S/c1-11(12-5-3-2-4-6-12)15-16-13-7-9-14(10-8-13)20(17,18)19/h2-10,16H,1H3,(H,17,18,19)/b15-11+. The molecule has 0 aliphatic rings. The van der Waals surface area contributed by atoms with E-state index in [-0.39, 0.29) is 4.90 Å². The fourth-order valence-corrected chi connectivity index (χ4v) is 2.07. The molecule has 2 rings (SSSR count). The lowest BCUT2D eigenvalue weighted by atomic mass is 10.1. The van der Waals surface area contributed by atoms with Crippen molar-refractivity contribution < 1.29 is 13.0 Å². The first-order chi connectivity index (χ1) is 9.47. The molecule has 0 fully saturated rings. The van der Waals surface area contributed by atoms with Gasteiger partial charge in [0.1, 0.15) is 0 Å². The van der Waals surface area contributed by atoms with Gasteiger partial charge < -0.3 is 0 Å². The van der Waals surface area contributed by atoms with Crippen molar-refractivity contribution in [3.05, 3.63) is 60.2 Å². The Hall–Kier alpha value is -2.18. The fraction of sp³-hybridized carbons (Fsp3) is 0.0714. The van der Waals surface area contributed by atoms with E-state index in [1.165, 1.54) is 24.3 Å². The lowest BCUT2D eigenvalue weighted by Gasteiger charge is -2.04. The Morgan fingerprint density at radius 3 is 2.20 bits per heavy atom. The Morgan fingerprint density at radius 2 is 1.65 bits per heavy atom. The van der Waals surface area contributed by atoms with Crippen LogP contribution in [0.5, 0.6) is 0 Å². The van der Waals surface area contributed by atoms with Crippen molar-refractivity contribution in [1.29, 1.82) is 0 Å². The van der Waals surface area contributed by atoms with Crippen LogP contribution in [0.2, 0.25) is 0 Å². The van der Waals surface area contributed by atoms with Crippen molar-refractivity contribution in [3.8, 4) is 0 Å². The molecule has 2 aromatic carbocycles. The van der Waals surface area contributed by atoms with Gasteiger partial charge in [-0.15, -0.1) is 0 Å². The average Bonchev–Trinajstić information content (AvgIpc) is 2.45. The van der Waals surface area contributed by atoms with E-state index in [4.69, 9.17) is 4.55 Å². The van der Waals surface area contributed by atoms with Crippen LogP contribution in [0.15, 0.2) is 64.6 Å². The molecule has 20 heavy (non-hydrogen) atoms. The second kappa shape index (κ2) is 5.85. The largest absolute Gasteiger partial charge is 0.294 e. The van der Waals surface area contributed by atoms with Gasteiger partial charge >= 0.3 is 0 Å². The second-order valence-corrected chi connectivity index (χ2v) is 5.60. The van der Waals surface area contributed by atoms with Gasteiger partial charge in [0.05, 0.1) is 16.3 Å². The summed E-state index contributed by atoms with van der Waals surface area (Å²) in [5.41, 5.74) is 5.27. The monoisotopic (exact) mass is 290 g/mol. The first kappa shape index (κ1) is 14.2. The lowest BCUT2D eigenvalue weighted by molar-refractivity contribution is 0.483. The minimum Gasteiger partial charge on any atom is -0.282 e. The molecule has 0 radical (unpaired) electrons. The highest BCUT2D eigenvalue weighted by atomic mass is 32.2. The van der Waals surface area contributed by atoms with E-state index >= 15 is 0 Å². The molecule has 0 saturated carbocycles. The Morgan fingerprint density at radius 1 is 1.05 bits per heavy atom. The minimum atomic E-state index is -4.16. The van der Waals surface area contributed by atoms with Crippen LogP contribution < -0.4 is 5.43 Å². The van der Waals surface area contributed by atoms with E-state index in [1.807, 2.05) is 37.3 Å².